The third-order valence-electron chi connectivity index (χ3n) is 5.15. The van der Waals surface area contributed by atoms with Crippen LogP contribution >= 0.6 is 23.2 Å². The Morgan fingerprint density at radius 3 is 2.67 bits per heavy atom. The van der Waals surface area contributed by atoms with Crippen LogP contribution in [-0.4, -0.2) is 28.9 Å². The fourth-order valence-corrected chi connectivity index (χ4v) is 3.91. The zero-order chi connectivity index (χ0) is 23.7. The third kappa shape index (κ3) is 4.79. The van der Waals surface area contributed by atoms with Gasteiger partial charge in [0.05, 0.1) is 29.3 Å². The number of methoxy groups -OCH3 is 1. The first-order chi connectivity index (χ1) is 15.7. The van der Waals surface area contributed by atoms with Crippen LogP contribution in [0.5, 0.6) is 5.75 Å². The molecule has 0 saturated heterocycles. The van der Waals surface area contributed by atoms with E-state index in [2.05, 4.69) is 25.9 Å². The maximum absolute atomic E-state index is 13.1. The van der Waals surface area contributed by atoms with Gasteiger partial charge in [0, 0.05) is 23.2 Å². The predicted molar refractivity (Wildman–Crippen MR) is 127 cm³/mol. The first-order valence-electron chi connectivity index (χ1n) is 9.87. The molecule has 0 spiro atoms. The van der Waals surface area contributed by atoms with Gasteiger partial charge in [0.15, 0.2) is 0 Å². The number of rotatable bonds is 5. The van der Waals surface area contributed by atoms with E-state index in [1.165, 1.54) is 13.2 Å². The molecule has 1 aliphatic heterocycles. The van der Waals surface area contributed by atoms with Gasteiger partial charge in [0.1, 0.15) is 11.6 Å². The Labute approximate surface area is 198 Å². The van der Waals surface area contributed by atoms with Crippen molar-refractivity contribution in [3.8, 4) is 5.75 Å². The normalized spacial score (nSPS) is 14.8. The van der Waals surface area contributed by atoms with E-state index in [9.17, 15) is 14.4 Å². The number of nitrogens with zero attached hydrogens (tertiary/aromatic N) is 1. The number of halogens is 2. The number of nitrogens with one attached hydrogen (secondary N) is 4. The Morgan fingerprint density at radius 1 is 1.15 bits per heavy atom. The molecule has 0 unspecified atom stereocenters. The van der Waals surface area contributed by atoms with Crippen molar-refractivity contribution >= 4 is 58.2 Å². The third-order valence-corrected chi connectivity index (χ3v) is 5.70. The number of benzene rings is 2. The van der Waals surface area contributed by atoms with Crippen LogP contribution in [0.1, 0.15) is 23.5 Å². The second kappa shape index (κ2) is 9.13. The summed E-state index contributed by atoms with van der Waals surface area (Å²) in [5.41, 5.74) is 1.28. The number of carbonyl (C=O) groups excluding carboxylic acids is 2. The van der Waals surface area contributed by atoms with E-state index in [0.717, 1.165) is 5.56 Å². The van der Waals surface area contributed by atoms with Crippen molar-refractivity contribution in [3.05, 3.63) is 67.9 Å². The zero-order valence-corrected chi connectivity index (χ0v) is 19.1. The minimum atomic E-state index is -1.02. The number of hydrogen-bond donors (Lipinski definition) is 4. The first-order valence-corrected chi connectivity index (χ1v) is 10.6. The maximum atomic E-state index is 13.1. The molecule has 9 nitrogen and oxygen atoms in total. The smallest absolute Gasteiger partial charge is 0.258 e. The number of aryl methyl sites for hydroxylation is 1. The second-order valence-electron chi connectivity index (χ2n) is 7.40. The van der Waals surface area contributed by atoms with E-state index in [1.54, 1.807) is 30.3 Å². The average Bonchev–Trinajstić information content (AvgIpc) is 2.76. The molecule has 0 aliphatic carbocycles. The minimum absolute atomic E-state index is 0.00472. The predicted octanol–water partition coefficient (Wildman–Crippen LogP) is 4.20. The number of carbonyl (C=O) groups is 2. The number of amides is 2. The van der Waals surface area contributed by atoms with Crippen LogP contribution < -0.4 is 26.2 Å². The number of ether oxygens (including phenoxy) is 1. The average molecular weight is 488 g/mol. The minimum Gasteiger partial charge on any atom is -0.497 e. The Morgan fingerprint density at radius 2 is 1.94 bits per heavy atom. The molecule has 1 atom stereocenters. The molecule has 2 aromatic carbocycles. The molecule has 2 heterocycles. The molecule has 0 fully saturated rings. The van der Waals surface area contributed by atoms with E-state index in [1.807, 2.05) is 6.92 Å². The van der Waals surface area contributed by atoms with E-state index >= 15 is 0 Å². The second-order valence-corrected chi connectivity index (χ2v) is 8.24. The molecule has 3 aromatic rings. The fraction of sp³-hybridized carbons (Fsp3) is 0.182. The maximum Gasteiger partial charge on any atom is 0.258 e. The lowest BCUT2D eigenvalue weighted by Crippen LogP contribution is -2.36. The quantitative estimate of drug-likeness (QED) is 0.427. The Kier molecular flexibility index (Phi) is 6.26. The molecule has 4 N–H and O–H groups in total. The highest BCUT2D eigenvalue weighted by molar-refractivity contribution is 6.36. The van der Waals surface area contributed by atoms with Gasteiger partial charge in [-0.3, -0.25) is 19.4 Å². The van der Waals surface area contributed by atoms with Gasteiger partial charge in [0.2, 0.25) is 17.8 Å². The summed E-state index contributed by atoms with van der Waals surface area (Å²) < 4.78 is 5.20. The van der Waals surface area contributed by atoms with Gasteiger partial charge in [-0.25, -0.2) is 0 Å². The summed E-state index contributed by atoms with van der Waals surface area (Å²) in [4.78, 5) is 45.2. The summed E-state index contributed by atoms with van der Waals surface area (Å²) in [6, 6.07) is 10.0. The van der Waals surface area contributed by atoms with Crippen LogP contribution in [0, 0.1) is 6.92 Å². The Bertz CT molecular complexity index is 1320. The standard InChI is InChI=1S/C22H19Cl2N5O4/c1-10-3-5-12(33-2)8-16(10)25-20(31)13-9-17(30)27-19-18(13)21(32)29-22(28-19)26-15-6-4-11(23)7-14(15)24/h3-8,13H,9H2,1-2H3,(H,25,31)(H3,26,27,28,29,30,32)/t13-/m1/s1. The molecule has 0 radical (unpaired) electrons. The van der Waals surface area contributed by atoms with Gasteiger partial charge >= 0.3 is 0 Å². The van der Waals surface area contributed by atoms with Crippen LogP contribution in [0.15, 0.2) is 41.2 Å². The summed E-state index contributed by atoms with van der Waals surface area (Å²) in [7, 11) is 1.52. The van der Waals surface area contributed by atoms with Crippen LogP contribution in [0.4, 0.5) is 23.1 Å². The summed E-state index contributed by atoms with van der Waals surface area (Å²) >= 11 is 12.1. The lowest BCUT2D eigenvalue weighted by Gasteiger charge is -2.24. The van der Waals surface area contributed by atoms with Gasteiger partial charge in [-0.15, -0.1) is 0 Å². The van der Waals surface area contributed by atoms with Gasteiger partial charge in [-0.05, 0) is 36.8 Å². The summed E-state index contributed by atoms with van der Waals surface area (Å²) in [5.74, 6) is -1.34. The van der Waals surface area contributed by atoms with Crippen molar-refractivity contribution in [1.29, 1.82) is 0 Å². The number of anilines is 4. The lowest BCUT2D eigenvalue weighted by atomic mass is 9.92. The molecule has 2 amide bonds. The van der Waals surface area contributed by atoms with E-state index in [-0.39, 0.29) is 23.8 Å². The SMILES string of the molecule is COc1ccc(C)c(NC(=O)[C@@H]2CC(=O)Nc3nc(Nc4ccc(Cl)cc4Cl)[nH]c(=O)c32)c1. The van der Waals surface area contributed by atoms with Gasteiger partial charge < -0.3 is 20.7 Å². The molecule has 11 heteroatoms. The summed E-state index contributed by atoms with van der Waals surface area (Å²) in [6.45, 7) is 1.82. The molecule has 170 valence electrons. The number of hydrogen-bond acceptors (Lipinski definition) is 6. The molecule has 4 rings (SSSR count). The summed E-state index contributed by atoms with van der Waals surface area (Å²) in [5, 5.41) is 9.00. The molecule has 1 aliphatic rings. The zero-order valence-electron chi connectivity index (χ0n) is 17.6. The van der Waals surface area contributed by atoms with Crippen molar-refractivity contribution in [2.45, 2.75) is 19.3 Å². The van der Waals surface area contributed by atoms with Gasteiger partial charge in [0.25, 0.3) is 5.56 Å². The number of aromatic nitrogens is 2. The van der Waals surface area contributed by atoms with Crippen LogP contribution in [0.25, 0.3) is 0 Å². The molecule has 33 heavy (non-hydrogen) atoms. The molecular formula is C22H19Cl2N5O4. The fourth-order valence-electron chi connectivity index (χ4n) is 3.46. The summed E-state index contributed by atoms with van der Waals surface area (Å²) in [6.07, 6.45) is -0.192. The van der Waals surface area contributed by atoms with Crippen molar-refractivity contribution in [3.63, 3.8) is 0 Å². The topological polar surface area (TPSA) is 125 Å². The van der Waals surface area contributed by atoms with E-state index < -0.39 is 23.3 Å². The van der Waals surface area contributed by atoms with E-state index in [4.69, 9.17) is 27.9 Å². The highest BCUT2D eigenvalue weighted by Gasteiger charge is 2.35. The van der Waals surface area contributed by atoms with Gasteiger partial charge in [-0.2, -0.15) is 4.98 Å². The molecule has 0 saturated carbocycles. The number of H-pyrrole nitrogens is 1. The monoisotopic (exact) mass is 487 g/mol. The highest BCUT2D eigenvalue weighted by Crippen LogP contribution is 2.32. The van der Waals surface area contributed by atoms with Crippen molar-refractivity contribution < 1.29 is 14.3 Å². The van der Waals surface area contributed by atoms with Crippen molar-refractivity contribution in [2.75, 3.05) is 23.1 Å². The first kappa shape index (κ1) is 22.6. The van der Waals surface area contributed by atoms with Crippen LogP contribution in [-0.2, 0) is 9.59 Å². The van der Waals surface area contributed by atoms with Crippen LogP contribution in [0.3, 0.4) is 0 Å². The van der Waals surface area contributed by atoms with Crippen LogP contribution in [0.2, 0.25) is 10.0 Å². The molecule has 0 bridgehead atoms. The Hall–Kier alpha value is -3.56. The number of fused-ring (bicyclic) bond motifs is 1. The number of aromatic amines is 1. The Balaban J connectivity index is 1.65. The lowest BCUT2D eigenvalue weighted by molar-refractivity contribution is -0.123. The van der Waals surface area contributed by atoms with Crippen molar-refractivity contribution in [1.82, 2.24) is 9.97 Å². The van der Waals surface area contributed by atoms with E-state index in [0.29, 0.717) is 27.2 Å². The largest absolute Gasteiger partial charge is 0.497 e. The molecular weight excluding hydrogens is 469 g/mol. The van der Waals surface area contributed by atoms with Gasteiger partial charge in [-0.1, -0.05) is 29.3 Å². The highest BCUT2D eigenvalue weighted by atomic mass is 35.5. The van der Waals surface area contributed by atoms with Crippen molar-refractivity contribution in [2.24, 2.45) is 0 Å². The molecule has 1 aromatic heterocycles.